The van der Waals surface area contributed by atoms with E-state index in [4.69, 9.17) is 0 Å². The molecule has 0 fully saturated rings. The molecule has 0 spiro atoms. The molecule has 51 heavy (non-hydrogen) atoms. The van der Waals surface area contributed by atoms with E-state index >= 15 is 0 Å². The first kappa shape index (κ1) is 36.1. The number of thioether (sulfide) groups is 1. The normalized spacial score (nSPS) is 14.3. The minimum atomic E-state index is -0.974. The average molecular weight is 711 g/mol. The van der Waals surface area contributed by atoms with Crippen molar-refractivity contribution >= 4 is 67.6 Å². The van der Waals surface area contributed by atoms with Gasteiger partial charge in [0.2, 0.25) is 5.52 Å². The van der Waals surface area contributed by atoms with Gasteiger partial charge in [0.25, 0.3) is 5.01 Å². The maximum atomic E-state index is 9.83. The molecule has 1 unspecified atom stereocenters. The third kappa shape index (κ3) is 7.37. The molecule has 2 heterocycles. The lowest BCUT2D eigenvalue weighted by molar-refractivity contribution is -0.665. The molecule has 0 saturated heterocycles. The SMILES string of the molecule is CCC(C)[B-](c1ccccc1)(c1ccccc1)c1ccccc1.CCN1/C(=C/C(C)=C/c2sc3ccc(O)cc3[n+]2CC)Sc2ccc(O)cc21. The summed E-state index contributed by atoms with van der Waals surface area (Å²) in [4.78, 5) is 3.40. The Morgan fingerprint density at radius 1 is 0.765 bits per heavy atom. The molecule has 0 bridgehead atoms. The fourth-order valence-electron chi connectivity index (χ4n) is 7.66. The van der Waals surface area contributed by atoms with Crippen LogP contribution in [0.5, 0.6) is 11.5 Å². The summed E-state index contributed by atoms with van der Waals surface area (Å²) in [5.74, 6) is 1.15. The van der Waals surface area contributed by atoms with E-state index in [9.17, 15) is 10.2 Å². The van der Waals surface area contributed by atoms with Crippen LogP contribution in [0.1, 0.15) is 46.0 Å². The number of benzene rings is 5. The molecule has 260 valence electrons. The van der Waals surface area contributed by atoms with Gasteiger partial charge in [-0.3, -0.25) is 0 Å². The second-order valence-electron chi connectivity index (χ2n) is 13.3. The highest BCUT2D eigenvalue weighted by Crippen LogP contribution is 2.47. The minimum absolute atomic E-state index is 0.295. The van der Waals surface area contributed by atoms with Crippen molar-refractivity contribution in [2.45, 2.75) is 58.3 Å². The second kappa shape index (κ2) is 16.1. The van der Waals surface area contributed by atoms with E-state index in [-0.39, 0.29) is 0 Å². The highest BCUT2D eigenvalue weighted by Gasteiger charge is 2.34. The van der Waals surface area contributed by atoms with Gasteiger partial charge in [-0.25, -0.2) is 0 Å². The molecule has 7 heteroatoms. The van der Waals surface area contributed by atoms with Crippen LogP contribution in [0.2, 0.25) is 5.82 Å². The van der Waals surface area contributed by atoms with Gasteiger partial charge in [0.1, 0.15) is 22.7 Å². The van der Waals surface area contributed by atoms with E-state index in [1.807, 2.05) is 24.3 Å². The third-order valence-corrected chi connectivity index (χ3v) is 12.5. The van der Waals surface area contributed by atoms with E-state index in [0.717, 1.165) is 36.3 Å². The average Bonchev–Trinajstić information content (AvgIpc) is 3.68. The zero-order valence-corrected chi connectivity index (χ0v) is 31.8. The van der Waals surface area contributed by atoms with E-state index in [1.54, 1.807) is 35.2 Å². The lowest BCUT2D eigenvalue weighted by Crippen LogP contribution is -2.69. The van der Waals surface area contributed by atoms with Gasteiger partial charge in [-0.05, 0) is 56.7 Å². The molecule has 2 N–H and O–H groups in total. The Labute approximate surface area is 311 Å². The van der Waals surface area contributed by atoms with Crippen LogP contribution in [0, 0.1) is 0 Å². The number of aromatic nitrogens is 1. The molecule has 1 atom stereocenters. The summed E-state index contributed by atoms with van der Waals surface area (Å²) in [6.07, 6.45) is 4.58. The number of thiazole rings is 1. The van der Waals surface area contributed by atoms with Crippen molar-refractivity contribution in [2.75, 3.05) is 11.4 Å². The summed E-state index contributed by atoms with van der Waals surface area (Å²) in [6.45, 7) is 12.7. The Bertz CT molecular complexity index is 2050. The third-order valence-electron chi connectivity index (χ3n) is 10.2. The summed E-state index contributed by atoms with van der Waals surface area (Å²) >= 11 is 3.46. The number of anilines is 1. The predicted octanol–water partition coefficient (Wildman–Crippen LogP) is 9.45. The molecular formula is C44H47BN2O2S2. The Morgan fingerprint density at radius 2 is 1.31 bits per heavy atom. The van der Waals surface area contributed by atoms with Gasteiger partial charge in [0, 0.05) is 23.6 Å². The zero-order chi connectivity index (χ0) is 36.0. The molecule has 0 saturated carbocycles. The molecule has 5 aromatic carbocycles. The number of hydrogen-bond acceptors (Lipinski definition) is 5. The first-order valence-corrected chi connectivity index (χ1v) is 19.6. The van der Waals surface area contributed by atoms with E-state index in [1.165, 1.54) is 36.0 Å². The summed E-state index contributed by atoms with van der Waals surface area (Å²) in [5, 5.41) is 22.0. The van der Waals surface area contributed by atoms with Crippen LogP contribution in [-0.4, -0.2) is 22.9 Å². The summed E-state index contributed by atoms with van der Waals surface area (Å²) < 4.78 is 3.40. The molecule has 6 aromatic rings. The molecule has 0 amide bonds. The number of hydrogen-bond donors (Lipinski definition) is 2. The van der Waals surface area contributed by atoms with Gasteiger partial charge < -0.3 is 15.1 Å². The second-order valence-corrected chi connectivity index (χ2v) is 15.4. The number of allylic oxidation sites excluding steroid dienone is 2. The quantitative estimate of drug-likeness (QED) is 0.116. The first-order valence-electron chi connectivity index (χ1n) is 18.0. The van der Waals surface area contributed by atoms with Gasteiger partial charge in [-0.2, -0.15) is 26.8 Å². The van der Waals surface area contributed by atoms with Crippen molar-refractivity contribution in [1.82, 2.24) is 0 Å². The van der Waals surface area contributed by atoms with E-state index in [2.05, 4.69) is 147 Å². The Morgan fingerprint density at radius 3 is 1.84 bits per heavy atom. The highest BCUT2D eigenvalue weighted by atomic mass is 32.2. The standard InChI is InChI=1S/C22H24B.C22H22N2O2S2/c1-3-19(2)23(20-13-7-4-8-14-20,21-15-9-5-10-16-21)22-17-11-6-12-18-22;1-4-23-17-12-15(25)6-8-19(17)27-21(23)10-14(3)11-22-24(5-2)18-13-16(26)7-9-20(18)28-22/h4-19H,3H2,1-2H3;6-13H,4-5H2,1-3H3,(H-,25,26)/q-1;/p+1. The predicted molar refractivity (Wildman–Crippen MR) is 222 cm³/mol. The monoisotopic (exact) mass is 710 g/mol. The van der Waals surface area contributed by atoms with Crippen LogP contribution in [0.3, 0.4) is 0 Å². The summed E-state index contributed by atoms with van der Waals surface area (Å²) in [5.41, 5.74) is 7.58. The maximum Gasteiger partial charge on any atom is 0.262 e. The molecule has 1 aromatic heterocycles. The Balaban J connectivity index is 0.000000179. The van der Waals surface area contributed by atoms with E-state index in [0.29, 0.717) is 17.3 Å². The Kier molecular flexibility index (Phi) is 11.4. The number of aryl methyl sites for hydroxylation is 1. The molecule has 0 aliphatic carbocycles. The molecule has 7 rings (SSSR count). The molecule has 1 aliphatic rings. The van der Waals surface area contributed by atoms with Crippen molar-refractivity contribution in [3.05, 3.63) is 149 Å². The molecule has 1 aliphatic heterocycles. The van der Waals surface area contributed by atoms with Crippen molar-refractivity contribution < 1.29 is 14.8 Å². The number of nitrogens with zero attached hydrogens (tertiary/aromatic N) is 2. The van der Waals surface area contributed by atoms with Crippen molar-refractivity contribution in [3.8, 4) is 11.5 Å². The summed E-state index contributed by atoms with van der Waals surface area (Å²) in [6, 6.07) is 44.2. The lowest BCUT2D eigenvalue weighted by Gasteiger charge is -2.48. The molecular weight excluding hydrogens is 663 g/mol. The van der Waals surface area contributed by atoms with Gasteiger partial charge >= 0.3 is 0 Å². The number of aromatic hydroxyl groups is 2. The molecule has 0 radical (unpaired) electrons. The van der Waals surface area contributed by atoms with Crippen molar-refractivity contribution in [2.24, 2.45) is 0 Å². The van der Waals surface area contributed by atoms with Crippen LogP contribution in [0.25, 0.3) is 16.3 Å². The number of phenolic OH excluding ortho intramolecular Hbond substituents is 2. The number of phenols is 2. The smallest absolute Gasteiger partial charge is 0.262 e. The van der Waals surface area contributed by atoms with Crippen LogP contribution in [-0.2, 0) is 6.54 Å². The van der Waals surface area contributed by atoms with Crippen molar-refractivity contribution in [1.29, 1.82) is 0 Å². The van der Waals surface area contributed by atoms with Crippen LogP contribution < -0.4 is 25.9 Å². The lowest BCUT2D eigenvalue weighted by atomic mass is 9.10. The summed E-state index contributed by atoms with van der Waals surface area (Å²) in [7, 11) is 0. The van der Waals surface area contributed by atoms with E-state index < -0.39 is 6.15 Å². The van der Waals surface area contributed by atoms with Gasteiger partial charge in [0.15, 0.2) is 0 Å². The number of rotatable bonds is 9. The van der Waals surface area contributed by atoms with Crippen LogP contribution >= 0.6 is 23.1 Å². The highest BCUT2D eigenvalue weighted by molar-refractivity contribution is 8.03. The van der Waals surface area contributed by atoms with Gasteiger partial charge in [-0.1, -0.05) is 134 Å². The fraction of sp³-hybridized carbons (Fsp3) is 0.205. The molecule has 4 nitrogen and oxygen atoms in total. The first-order chi connectivity index (χ1) is 24.8. The minimum Gasteiger partial charge on any atom is -0.508 e. The largest absolute Gasteiger partial charge is 0.508 e. The van der Waals surface area contributed by atoms with Gasteiger partial charge in [-0.15, -0.1) is 0 Å². The van der Waals surface area contributed by atoms with Gasteiger partial charge in [0.05, 0.1) is 22.9 Å². The van der Waals surface area contributed by atoms with Crippen LogP contribution in [0.4, 0.5) is 5.69 Å². The van der Waals surface area contributed by atoms with Crippen LogP contribution in [0.15, 0.2) is 149 Å². The van der Waals surface area contributed by atoms with Crippen molar-refractivity contribution in [3.63, 3.8) is 0 Å². The zero-order valence-electron chi connectivity index (χ0n) is 30.2. The Hall–Kier alpha value is -4.72. The topological polar surface area (TPSA) is 47.6 Å². The maximum absolute atomic E-state index is 9.83. The number of fused-ring (bicyclic) bond motifs is 2. The fourth-order valence-corrected chi connectivity index (χ4v) is 10.1.